The van der Waals surface area contributed by atoms with Gasteiger partial charge in [0.2, 0.25) is 5.91 Å². The van der Waals surface area contributed by atoms with E-state index in [1.807, 2.05) is 29.7 Å². The van der Waals surface area contributed by atoms with Crippen LogP contribution in [0, 0.1) is 6.92 Å². The molecule has 0 bridgehead atoms. The van der Waals surface area contributed by atoms with Gasteiger partial charge in [0.25, 0.3) is 0 Å². The zero-order chi connectivity index (χ0) is 17.8. The molecule has 3 heterocycles. The Hall–Kier alpha value is -0.760. The fourth-order valence-corrected chi connectivity index (χ4v) is 4.22. The SMILES string of the molecule is Cc1cc(N2CCN(C(=O)CC3CSCCN3)CC2)nc(C(C)C)n1.Cl.Cl. The first-order valence-corrected chi connectivity index (χ1v) is 10.4. The fourth-order valence-electron chi connectivity index (χ4n) is 3.27. The Balaban J connectivity index is 0.00000182. The summed E-state index contributed by atoms with van der Waals surface area (Å²) in [6.45, 7) is 10.5. The average Bonchev–Trinajstić information content (AvgIpc) is 2.62. The van der Waals surface area contributed by atoms with E-state index in [9.17, 15) is 4.79 Å². The summed E-state index contributed by atoms with van der Waals surface area (Å²) in [6, 6.07) is 2.38. The maximum absolute atomic E-state index is 12.5. The predicted molar refractivity (Wildman–Crippen MR) is 118 cm³/mol. The molecule has 2 aliphatic rings. The van der Waals surface area contributed by atoms with E-state index in [1.165, 1.54) is 0 Å². The second-order valence-electron chi connectivity index (χ2n) is 7.18. The Labute approximate surface area is 179 Å². The average molecular weight is 436 g/mol. The van der Waals surface area contributed by atoms with Gasteiger partial charge in [0.1, 0.15) is 11.6 Å². The van der Waals surface area contributed by atoms with Crippen LogP contribution in [0.25, 0.3) is 0 Å². The number of piperazine rings is 1. The van der Waals surface area contributed by atoms with Crippen LogP contribution in [0.5, 0.6) is 0 Å². The molecule has 1 unspecified atom stereocenters. The summed E-state index contributed by atoms with van der Waals surface area (Å²) in [5.41, 5.74) is 1.01. The second kappa shape index (κ2) is 11.3. The molecule has 1 N–H and O–H groups in total. The highest BCUT2D eigenvalue weighted by atomic mass is 35.5. The number of aryl methyl sites for hydroxylation is 1. The van der Waals surface area contributed by atoms with E-state index in [2.05, 4.69) is 29.0 Å². The number of halogens is 2. The van der Waals surface area contributed by atoms with E-state index in [4.69, 9.17) is 4.98 Å². The quantitative estimate of drug-likeness (QED) is 0.783. The zero-order valence-corrected chi connectivity index (χ0v) is 18.8. The molecule has 0 spiro atoms. The van der Waals surface area contributed by atoms with Crippen LogP contribution in [0.1, 0.15) is 37.7 Å². The van der Waals surface area contributed by atoms with E-state index in [0.29, 0.717) is 18.4 Å². The largest absolute Gasteiger partial charge is 0.353 e. The normalized spacial score (nSPS) is 20.1. The number of nitrogens with zero attached hydrogens (tertiary/aromatic N) is 4. The van der Waals surface area contributed by atoms with Crippen molar-refractivity contribution in [2.45, 2.75) is 39.2 Å². The molecule has 0 aromatic carbocycles. The monoisotopic (exact) mass is 435 g/mol. The lowest BCUT2D eigenvalue weighted by Crippen LogP contribution is -2.51. The van der Waals surface area contributed by atoms with Gasteiger partial charge < -0.3 is 15.1 Å². The Morgan fingerprint density at radius 1 is 1.26 bits per heavy atom. The number of hydrogen-bond acceptors (Lipinski definition) is 6. The van der Waals surface area contributed by atoms with Gasteiger partial charge in [-0.15, -0.1) is 24.8 Å². The zero-order valence-electron chi connectivity index (χ0n) is 16.3. The number of amides is 1. The predicted octanol–water partition coefficient (Wildman–Crippen LogP) is 2.50. The third kappa shape index (κ3) is 6.66. The molecule has 0 aliphatic carbocycles. The molecule has 6 nitrogen and oxygen atoms in total. The van der Waals surface area contributed by atoms with Gasteiger partial charge in [-0.25, -0.2) is 9.97 Å². The minimum Gasteiger partial charge on any atom is -0.353 e. The van der Waals surface area contributed by atoms with Crippen molar-refractivity contribution in [1.29, 1.82) is 0 Å². The molecule has 2 fully saturated rings. The summed E-state index contributed by atoms with van der Waals surface area (Å²) in [6.07, 6.45) is 0.622. The minimum absolute atomic E-state index is 0. The van der Waals surface area contributed by atoms with Crippen molar-refractivity contribution >= 4 is 48.3 Å². The van der Waals surface area contributed by atoms with Gasteiger partial charge in [-0.3, -0.25) is 4.79 Å². The second-order valence-corrected chi connectivity index (χ2v) is 8.33. The molecule has 27 heavy (non-hydrogen) atoms. The molecule has 154 valence electrons. The molecule has 0 radical (unpaired) electrons. The van der Waals surface area contributed by atoms with E-state index in [1.54, 1.807) is 0 Å². The molecule has 3 rings (SSSR count). The maximum atomic E-state index is 12.5. The molecule has 9 heteroatoms. The number of thioether (sulfide) groups is 1. The van der Waals surface area contributed by atoms with E-state index < -0.39 is 0 Å². The first kappa shape index (κ1) is 24.3. The van der Waals surface area contributed by atoms with Crippen molar-refractivity contribution in [2.75, 3.05) is 49.1 Å². The fraction of sp³-hybridized carbons (Fsp3) is 0.722. The van der Waals surface area contributed by atoms with Gasteiger partial charge in [-0.2, -0.15) is 11.8 Å². The summed E-state index contributed by atoms with van der Waals surface area (Å²) < 4.78 is 0. The van der Waals surface area contributed by atoms with Gasteiger partial charge in [-0.1, -0.05) is 13.8 Å². The lowest BCUT2D eigenvalue weighted by Gasteiger charge is -2.36. The number of aromatic nitrogens is 2. The lowest BCUT2D eigenvalue weighted by molar-refractivity contribution is -0.131. The van der Waals surface area contributed by atoms with Crippen LogP contribution in [0.15, 0.2) is 6.07 Å². The van der Waals surface area contributed by atoms with Crippen molar-refractivity contribution in [2.24, 2.45) is 0 Å². The standard InChI is InChI=1S/C18H29N5OS.2ClH/c1-13(2)18-20-14(3)10-16(21-18)22-5-7-23(8-6-22)17(24)11-15-12-25-9-4-19-15;;/h10,13,15,19H,4-9,11-12H2,1-3H3;2*1H. The van der Waals surface area contributed by atoms with Gasteiger partial charge in [0, 0.05) is 74.4 Å². The number of anilines is 1. The number of nitrogens with one attached hydrogen (secondary N) is 1. The van der Waals surface area contributed by atoms with Crippen LogP contribution in [-0.2, 0) is 4.79 Å². The summed E-state index contributed by atoms with van der Waals surface area (Å²) >= 11 is 1.94. The summed E-state index contributed by atoms with van der Waals surface area (Å²) in [5.74, 6) is 4.69. The molecule has 2 aliphatic heterocycles. The highest BCUT2D eigenvalue weighted by molar-refractivity contribution is 7.99. The van der Waals surface area contributed by atoms with Crippen LogP contribution in [0.4, 0.5) is 5.82 Å². The minimum atomic E-state index is 0. The first-order valence-electron chi connectivity index (χ1n) is 9.22. The lowest BCUT2D eigenvalue weighted by atomic mass is 10.2. The summed E-state index contributed by atoms with van der Waals surface area (Å²) in [4.78, 5) is 26.1. The Morgan fingerprint density at radius 2 is 1.96 bits per heavy atom. The summed E-state index contributed by atoms with van der Waals surface area (Å²) in [5, 5.41) is 3.45. The maximum Gasteiger partial charge on any atom is 0.224 e. The number of hydrogen-bond donors (Lipinski definition) is 1. The van der Waals surface area contributed by atoms with Crippen LogP contribution in [-0.4, -0.2) is 71.0 Å². The van der Waals surface area contributed by atoms with Crippen LogP contribution >= 0.6 is 36.6 Å². The molecule has 1 aromatic heterocycles. The van der Waals surface area contributed by atoms with Gasteiger partial charge in [0.05, 0.1) is 0 Å². The molecule has 1 atom stereocenters. The molecule has 2 saturated heterocycles. The Morgan fingerprint density at radius 3 is 2.56 bits per heavy atom. The van der Waals surface area contributed by atoms with Crippen molar-refractivity contribution in [3.8, 4) is 0 Å². The van der Waals surface area contributed by atoms with Gasteiger partial charge >= 0.3 is 0 Å². The Bertz CT molecular complexity index is 605. The third-order valence-corrected chi connectivity index (χ3v) is 5.88. The van der Waals surface area contributed by atoms with E-state index in [-0.39, 0.29) is 30.7 Å². The molecule has 1 aromatic rings. The van der Waals surface area contributed by atoms with E-state index in [0.717, 1.165) is 61.6 Å². The first-order chi connectivity index (χ1) is 12.0. The molecular weight excluding hydrogens is 405 g/mol. The Kier molecular flexibility index (Phi) is 10.2. The highest BCUT2D eigenvalue weighted by Gasteiger charge is 2.25. The van der Waals surface area contributed by atoms with Crippen LogP contribution < -0.4 is 10.2 Å². The molecule has 1 amide bonds. The smallest absolute Gasteiger partial charge is 0.224 e. The van der Waals surface area contributed by atoms with Crippen molar-refractivity contribution in [1.82, 2.24) is 20.2 Å². The van der Waals surface area contributed by atoms with Crippen LogP contribution in [0.3, 0.4) is 0 Å². The number of carbonyl (C=O) groups is 1. The van der Waals surface area contributed by atoms with Crippen molar-refractivity contribution in [3.05, 3.63) is 17.6 Å². The van der Waals surface area contributed by atoms with Crippen molar-refractivity contribution in [3.63, 3.8) is 0 Å². The molecule has 0 saturated carbocycles. The number of rotatable bonds is 4. The molecular formula is C18H31Cl2N5OS. The summed E-state index contributed by atoms with van der Waals surface area (Å²) in [7, 11) is 0. The third-order valence-electron chi connectivity index (χ3n) is 4.75. The number of carbonyl (C=O) groups excluding carboxylic acids is 1. The van der Waals surface area contributed by atoms with E-state index >= 15 is 0 Å². The van der Waals surface area contributed by atoms with Crippen LogP contribution in [0.2, 0.25) is 0 Å². The van der Waals surface area contributed by atoms with Gasteiger partial charge in [-0.05, 0) is 6.92 Å². The highest BCUT2D eigenvalue weighted by Crippen LogP contribution is 2.19. The van der Waals surface area contributed by atoms with Gasteiger partial charge in [0.15, 0.2) is 0 Å². The van der Waals surface area contributed by atoms with Crippen molar-refractivity contribution < 1.29 is 4.79 Å². The topological polar surface area (TPSA) is 61.4 Å².